The van der Waals surface area contributed by atoms with Gasteiger partial charge in [-0.2, -0.15) is 0 Å². The van der Waals surface area contributed by atoms with Gasteiger partial charge < -0.3 is 20.3 Å². The van der Waals surface area contributed by atoms with Crippen molar-refractivity contribution in [3.8, 4) is 5.75 Å². The van der Waals surface area contributed by atoms with E-state index in [4.69, 9.17) is 10.5 Å². The maximum absolute atomic E-state index is 12.7. The lowest BCUT2D eigenvalue weighted by Crippen LogP contribution is -2.33. The lowest BCUT2D eigenvalue weighted by atomic mass is 10.1. The highest BCUT2D eigenvalue weighted by Gasteiger charge is 2.19. The van der Waals surface area contributed by atoms with Crippen molar-refractivity contribution in [2.75, 3.05) is 46.1 Å². The van der Waals surface area contributed by atoms with E-state index < -0.39 is 0 Å². The van der Waals surface area contributed by atoms with Crippen LogP contribution in [-0.2, 0) is 0 Å². The molecule has 1 rings (SSSR count). The van der Waals surface area contributed by atoms with Crippen molar-refractivity contribution in [3.05, 3.63) is 23.8 Å². The zero-order valence-electron chi connectivity index (χ0n) is 13.6. The lowest BCUT2D eigenvalue weighted by Gasteiger charge is -2.23. The summed E-state index contributed by atoms with van der Waals surface area (Å²) in [6.45, 7) is 6.72. The highest BCUT2D eigenvalue weighted by atomic mass is 16.5. The second-order valence-corrected chi connectivity index (χ2v) is 5.20. The minimum atomic E-state index is -0.0213. The van der Waals surface area contributed by atoms with Gasteiger partial charge >= 0.3 is 0 Å². The van der Waals surface area contributed by atoms with E-state index in [1.54, 1.807) is 18.2 Å². The smallest absolute Gasteiger partial charge is 0.257 e. The van der Waals surface area contributed by atoms with Gasteiger partial charge in [-0.15, -0.1) is 0 Å². The van der Waals surface area contributed by atoms with Gasteiger partial charge in [0, 0.05) is 13.1 Å². The lowest BCUT2D eigenvalue weighted by molar-refractivity contribution is 0.0755. The number of benzene rings is 1. The number of nitrogen functional groups attached to an aromatic ring is 1. The molecule has 118 valence electrons. The molecule has 0 aliphatic rings. The maximum Gasteiger partial charge on any atom is 0.257 e. The van der Waals surface area contributed by atoms with E-state index in [1.807, 2.05) is 32.8 Å². The van der Waals surface area contributed by atoms with Crippen molar-refractivity contribution < 1.29 is 9.53 Å². The molecular formula is C16H27N3O2. The van der Waals surface area contributed by atoms with Gasteiger partial charge in [-0.3, -0.25) is 4.79 Å². The number of para-hydroxylation sites is 1. The van der Waals surface area contributed by atoms with Crippen LogP contribution in [0.25, 0.3) is 0 Å². The first kappa shape index (κ1) is 17.3. The average molecular weight is 293 g/mol. The number of nitrogens with two attached hydrogens (primary N) is 1. The van der Waals surface area contributed by atoms with Gasteiger partial charge in [-0.25, -0.2) is 0 Å². The predicted molar refractivity (Wildman–Crippen MR) is 86.8 cm³/mol. The highest BCUT2D eigenvalue weighted by Crippen LogP contribution is 2.27. The Hall–Kier alpha value is -1.75. The number of amides is 1. The summed E-state index contributed by atoms with van der Waals surface area (Å²) >= 11 is 0. The van der Waals surface area contributed by atoms with E-state index in [2.05, 4.69) is 4.90 Å². The van der Waals surface area contributed by atoms with Crippen LogP contribution in [-0.4, -0.2) is 56.0 Å². The molecule has 0 aliphatic heterocycles. The number of hydrogen-bond acceptors (Lipinski definition) is 4. The molecule has 5 nitrogen and oxygen atoms in total. The first-order valence-electron chi connectivity index (χ1n) is 7.46. The SMILES string of the molecule is CCOc1c(N)cccc1C(=O)N(CC)CCCN(C)C. The zero-order chi connectivity index (χ0) is 15.8. The van der Waals surface area contributed by atoms with Gasteiger partial charge in [0.05, 0.1) is 17.9 Å². The predicted octanol–water partition coefficient (Wildman–Crippen LogP) is 2.08. The van der Waals surface area contributed by atoms with E-state index in [0.717, 1.165) is 19.5 Å². The summed E-state index contributed by atoms with van der Waals surface area (Å²) in [5.41, 5.74) is 6.98. The third-order valence-corrected chi connectivity index (χ3v) is 3.27. The monoisotopic (exact) mass is 293 g/mol. The quantitative estimate of drug-likeness (QED) is 0.746. The van der Waals surface area contributed by atoms with E-state index in [0.29, 0.717) is 30.2 Å². The first-order chi connectivity index (χ1) is 10.0. The highest BCUT2D eigenvalue weighted by molar-refractivity contribution is 5.98. The molecule has 0 saturated heterocycles. The number of carbonyl (C=O) groups excluding carboxylic acids is 1. The standard InChI is InChI=1S/C16H27N3O2/c1-5-19(12-8-11-18(3)4)16(20)13-9-7-10-14(17)15(13)21-6-2/h7,9-10H,5-6,8,11-12,17H2,1-4H3. The zero-order valence-corrected chi connectivity index (χ0v) is 13.6. The number of carbonyl (C=O) groups is 1. The molecule has 0 radical (unpaired) electrons. The summed E-state index contributed by atoms with van der Waals surface area (Å²) in [4.78, 5) is 16.6. The Morgan fingerprint density at radius 2 is 1.95 bits per heavy atom. The van der Waals surface area contributed by atoms with Gasteiger partial charge in [0.1, 0.15) is 0 Å². The topological polar surface area (TPSA) is 58.8 Å². The van der Waals surface area contributed by atoms with Gasteiger partial charge in [-0.05, 0) is 53.0 Å². The summed E-state index contributed by atoms with van der Waals surface area (Å²) in [5, 5.41) is 0. The number of anilines is 1. The molecule has 0 saturated carbocycles. The number of ether oxygens (including phenoxy) is 1. The van der Waals surface area contributed by atoms with Gasteiger partial charge in [-0.1, -0.05) is 6.07 Å². The third kappa shape index (κ3) is 4.93. The molecule has 1 aromatic rings. The molecule has 0 bridgehead atoms. The number of rotatable bonds is 8. The Morgan fingerprint density at radius 3 is 2.52 bits per heavy atom. The van der Waals surface area contributed by atoms with Crippen molar-refractivity contribution >= 4 is 11.6 Å². The molecule has 0 fully saturated rings. The molecule has 0 unspecified atom stereocenters. The fraction of sp³-hybridized carbons (Fsp3) is 0.562. The van der Waals surface area contributed by atoms with E-state index in [-0.39, 0.29) is 5.91 Å². The molecule has 0 aliphatic carbocycles. The van der Waals surface area contributed by atoms with Crippen LogP contribution in [0.15, 0.2) is 18.2 Å². The number of nitrogens with zero attached hydrogens (tertiary/aromatic N) is 2. The molecule has 0 heterocycles. The van der Waals surface area contributed by atoms with E-state index in [1.165, 1.54) is 0 Å². The van der Waals surface area contributed by atoms with Crippen LogP contribution < -0.4 is 10.5 Å². The summed E-state index contributed by atoms with van der Waals surface area (Å²) in [6.07, 6.45) is 0.943. The fourth-order valence-corrected chi connectivity index (χ4v) is 2.18. The molecule has 0 spiro atoms. The average Bonchev–Trinajstić information content (AvgIpc) is 2.45. The minimum absolute atomic E-state index is 0.0213. The Labute approximate surface area is 127 Å². The molecule has 5 heteroatoms. The minimum Gasteiger partial charge on any atom is -0.491 e. The summed E-state index contributed by atoms with van der Waals surface area (Å²) < 4.78 is 5.55. The van der Waals surface area contributed by atoms with Crippen LogP contribution in [0.2, 0.25) is 0 Å². The fourth-order valence-electron chi connectivity index (χ4n) is 2.18. The summed E-state index contributed by atoms with van der Waals surface area (Å²) in [5.74, 6) is 0.475. The molecular weight excluding hydrogens is 266 g/mol. The van der Waals surface area contributed by atoms with Crippen LogP contribution in [0.4, 0.5) is 5.69 Å². The number of hydrogen-bond donors (Lipinski definition) is 1. The maximum atomic E-state index is 12.7. The van der Waals surface area contributed by atoms with Crippen molar-refractivity contribution in [3.63, 3.8) is 0 Å². The summed E-state index contributed by atoms with van der Waals surface area (Å²) in [7, 11) is 4.06. The molecule has 21 heavy (non-hydrogen) atoms. The normalized spacial score (nSPS) is 10.7. The Morgan fingerprint density at radius 1 is 1.24 bits per heavy atom. The molecule has 1 amide bonds. The summed E-state index contributed by atoms with van der Waals surface area (Å²) in [6, 6.07) is 5.32. The van der Waals surface area contributed by atoms with Gasteiger partial charge in [0.2, 0.25) is 0 Å². The van der Waals surface area contributed by atoms with E-state index in [9.17, 15) is 4.79 Å². The first-order valence-corrected chi connectivity index (χ1v) is 7.46. The van der Waals surface area contributed by atoms with Crippen LogP contribution in [0.3, 0.4) is 0 Å². The van der Waals surface area contributed by atoms with Crippen molar-refractivity contribution in [2.24, 2.45) is 0 Å². The molecule has 0 atom stereocenters. The molecule has 0 aromatic heterocycles. The second kappa shape index (κ2) is 8.52. The Balaban J connectivity index is 2.87. The Bertz CT molecular complexity index is 461. The van der Waals surface area contributed by atoms with Crippen LogP contribution in [0, 0.1) is 0 Å². The van der Waals surface area contributed by atoms with Crippen molar-refractivity contribution in [1.29, 1.82) is 0 Å². The van der Waals surface area contributed by atoms with Crippen molar-refractivity contribution in [1.82, 2.24) is 9.80 Å². The second-order valence-electron chi connectivity index (χ2n) is 5.20. The van der Waals surface area contributed by atoms with Gasteiger partial charge in [0.15, 0.2) is 5.75 Å². The van der Waals surface area contributed by atoms with Crippen molar-refractivity contribution in [2.45, 2.75) is 20.3 Å². The van der Waals surface area contributed by atoms with Gasteiger partial charge in [0.25, 0.3) is 5.91 Å². The largest absolute Gasteiger partial charge is 0.491 e. The van der Waals surface area contributed by atoms with Crippen LogP contribution in [0.1, 0.15) is 30.6 Å². The van der Waals surface area contributed by atoms with E-state index >= 15 is 0 Å². The molecule has 2 N–H and O–H groups in total. The third-order valence-electron chi connectivity index (χ3n) is 3.27. The molecule has 1 aromatic carbocycles. The van der Waals surface area contributed by atoms with Crippen LogP contribution in [0.5, 0.6) is 5.75 Å². The Kier molecular flexibility index (Phi) is 7.02. The van der Waals surface area contributed by atoms with Crippen LogP contribution >= 0.6 is 0 Å².